The van der Waals surface area contributed by atoms with Crippen LogP contribution in [0.5, 0.6) is 17.2 Å². The summed E-state index contributed by atoms with van der Waals surface area (Å²) in [5.41, 5.74) is 1.68. The van der Waals surface area contributed by atoms with Crippen LogP contribution in [0.25, 0.3) is 22.2 Å². The molecule has 7 nitrogen and oxygen atoms in total. The van der Waals surface area contributed by atoms with E-state index in [0.29, 0.717) is 29.3 Å². The van der Waals surface area contributed by atoms with Crippen LogP contribution in [0.1, 0.15) is 0 Å². The standard InChI is InChI=1S/C23H27N3O4/c1-25-8-10-26(11-9-25)12-13-30-20-15-19(28)21-18(27)14-17(16-6-4-3-5-7-16)24-22(21)23(20)29-2/h3-7,14-15,28H,8-13H2,1-2H3,(H,24,27). The Kier molecular flexibility index (Phi) is 5.92. The molecule has 0 amide bonds. The number of aromatic amines is 1. The van der Waals surface area contributed by atoms with Crippen LogP contribution in [0.15, 0.2) is 47.3 Å². The van der Waals surface area contributed by atoms with Crippen molar-refractivity contribution >= 4 is 10.9 Å². The van der Waals surface area contributed by atoms with Gasteiger partial charge in [0.1, 0.15) is 17.9 Å². The first-order valence-electron chi connectivity index (χ1n) is 10.1. The summed E-state index contributed by atoms with van der Waals surface area (Å²) in [5, 5.41) is 10.7. The Morgan fingerprint density at radius 3 is 2.53 bits per heavy atom. The predicted octanol–water partition coefficient (Wildman–Crippen LogP) is 2.54. The van der Waals surface area contributed by atoms with Crippen molar-refractivity contribution in [1.82, 2.24) is 14.8 Å². The van der Waals surface area contributed by atoms with Crippen LogP contribution in [-0.2, 0) is 0 Å². The van der Waals surface area contributed by atoms with Crippen molar-refractivity contribution in [2.75, 3.05) is 53.5 Å². The lowest BCUT2D eigenvalue weighted by Crippen LogP contribution is -2.45. The van der Waals surface area contributed by atoms with E-state index in [4.69, 9.17) is 9.47 Å². The summed E-state index contributed by atoms with van der Waals surface area (Å²) in [6, 6.07) is 12.5. The molecule has 1 aliphatic rings. The largest absolute Gasteiger partial charge is 0.507 e. The summed E-state index contributed by atoms with van der Waals surface area (Å²) in [7, 11) is 3.66. The third-order valence-corrected chi connectivity index (χ3v) is 5.56. The van der Waals surface area contributed by atoms with Gasteiger partial charge in [-0.2, -0.15) is 0 Å². The van der Waals surface area contributed by atoms with E-state index in [2.05, 4.69) is 21.8 Å². The quantitative estimate of drug-likeness (QED) is 0.652. The van der Waals surface area contributed by atoms with Crippen molar-refractivity contribution in [3.8, 4) is 28.5 Å². The SMILES string of the molecule is COc1c(OCCN2CCN(C)CC2)cc(O)c2c(=O)cc(-c3ccccc3)[nH]c12. The number of pyridine rings is 1. The molecule has 0 unspecified atom stereocenters. The third kappa shape index (κ3) is 4.13. The Morgan fingerprint density at radius 2 is 1.83 bits per heavy atom. The Hall–Kier alpha value is -3.03. The van der Waals surface area contributed by atoms with Gasteiger partial charge in [-0.25, -0.2) is 0 Å². The maximum absolute atomic E-state index is 12.7. The van der Waals surface area contributed by atoms with Crippen molar-refractivity contribution in [3.63, 3.8) is 0 Å². The Labute approximate surface area is 175 Å². The molecule has 0 aliphatic carbocycles. The average molecular weight is 409 g/mol. The molecule has 1 fully saturated rings. The minimum Gasteiger partial charge on any atom is -0.507 e. The number of hydrogen-bond donors (Lipinski definition) is 2. The zero-order valence-corrected chi connectivity index (χ0v) is 17.4. The minimum atomic E-state index is -0.276. The van der Waals surface area contributed by atoms with Gasteiger partial charge in [0.25, 0.3) is 0 Å². The Balaban J connectivity index is 1.64. The molecule has 0 saturated carbocycles. The van der Waals surface area contributed by atoms with Crippen LogP contribution in [0.4, 0.5) is 0 Å². The van der Waals surface area contributed by atoms with Gasteiger partial charge >= 0.3 is 0 Å². The van der Waals surface area contributed by atoms with E-state index in [1.54, 1.807) is 0 Å². The number of H-pyrrole nitrogens is 1. The molecule has 30 heavy (non-hydrogen) atoms. The molecule has 0 bridgehead atoms. The number of nitrogens with one attached hydrogen (secondary N) is 1. The smallest absolute Gasteiger partial charge is 0.193 e. The lowest BCUT2D eigenvalue weighted by Gasteiger charge is -2.32. The number of phenolic OH excluding ortho intramolecular Hbond substituents is 1. The molecule has 7 heteroatoms. The number of aromatic nitrogens is 1. The number of phenols is 1. The van der Waals surface area contributed by atoms with Gasteiger partial charge in [0.2, 0.25) is 0 Å². The van der Waals surface area contributed by atoms with Gasteiger partial charge in [0.05, 0.1) is 12.5 Å². The van der Waals surface area contributed by atoms with Crippen LogP contribution < -0.4 is 14.9 Å². The minimum absolute atomic E-state index is 0.124. The maximum Gasteiger partial charge on any atom is 0.193 e. The molecule has 2 heterocycles. The second-order valence-electron chi connectivity index (χ2n) is 7.58. The molecule has 158 valence electrons. The van der Waals surface area contributed by atoms with E-state index in [-0.39, 0.29) is 16.6 Å². The number of aromatic hydroxyl groups is 1. The number of benzene rings is 2. The van der Waals surface area contributed by atoms with Crippen molar-refractivity contribution in [2.45, 2.75) is 0 Å². The highest BCUT2D eigenvalue weighted by Gasteiger charge is 2.19. The van der Waals surface area contributed by atoms with Gasteiger partial charge in [-0.05, 0) is 12.6 Å². The molecule has 3 aromatic rings. The summed E-state index contributed by atoms with van der Waals surface area (Å²) in [4.78, 5) is 20.6. The number of nitrogens with zero attached hydrogens (tertiary/aromatic N) is 2. The Morgan fingerprint density at radius 1 is 1.10 bits per heavy atom. The first-order valence-corrected chi connectivity index (χ1v) is 10.1. The number of fused-ring (bicyclic) bond motifs is 1. The van der Waals surface area contributed by atoms with E-state index in [9.17, 15) is 9.90 Å². The number of rotatable bonds is 6. The van der Waals surface area contributed by atoms with E-state index < -0.39 is 0 Å². The molecule has 0 atom stereocenters. The van der Waals surface area contributed by atoms with Gasteiger partial charge in [-0.3, -0.25) is 9.69 Å². The van der Waals surface area contributed by atoms with E-state index in [0.717, 1.165) is 38.3 Å². The van der Waals surface area contributed by atoms with Gasteiger partial charge < -0.3 is 24.5 Å². The number of methoxy groups -OCH3 is 1. The molecule has 0 spiro atoms. The summed E-state index contributed by atoms with van der Waals surface area (Å²) in [6.45, 7) is 5.36. The van der Waals surface area contributed by atoms with E-state index in [1.807, 2.05) is 30.3 Å². The predicted molar refractivity (Wildman–Crippen MR) is 118 cm³/mol. The fourth-order valence-corrected chi connectivity index (χ4v) is 3.81. The highest BCUT2D eigenvalue weighted by molar-refractivity contribution is 5.93. The molecular formula is C23H27N3O4. The summed E-state index contributed by atoms with van der Waals surface area (Å²) < 4.78 is 11.6. The topological polar surface area (TPSA) is 78.0 Å². The first kappa shape index (κ1) is 20.3. The molecule has 1 aromatic heterocycles. The number of piperazine rings is 1. The summed E-state index contributed by atoms with van der Waals surface area (Å²) in [5.74, 6) is 0.704. The lowest BCUT2D eigenvalue weighted by atomic mass is 10.1. The highest BCUT2D eigenvalue weighted by Crippen LogP contribution is 2.39. The lowest BCUT2D eigenvalue weighted by molar-refractivity contribution is 0.133. The molecule has 0 radical (unpaired) electrons. The second kappa shape index (κ2) is 8.77. The monoisotopic (exact) mass is 409 g/mol. The van der Waals surface area contributed by atoms with Crippen molar-refractivity contribution in [3.05, 3.63) is 52.7 Å². The second-order valence-corrected chi connectivity index (χ2v) is 7.58. The summed E-state index contributed by atoms with van der Waals surface area (Å²) in [6.07, 6.45) is 0. The van der Waals surface area contributed by atoms with Gasteiger partial charge in [0.15, 0.2) is 16.9 Å². The molecule has 1 saturated heterocycles. The first-order chi connectivity index (χ1) is 14.6. The van der Waals surface area contributed by atoms with Crippen LogP contribution >= 0.6 is 0 Å². The van der Waals surface area contributed by atoms with Gasteiger partial charge in [0, 0.05) is 50.6 Å². The fourth-order valence-electron chi connectivity index (χ4n) is 3.81. The maximum atomic E-state index is 12.7. The van der Waals surface area contributed by atoms with Crippen LogP contribution in [-0.4, -0.2) is 73.4 Å². The zero-order chi connectivity index (χ0) is 21.1. The van der Waals surface area contributed by atoms with Gasteiger partial charge in [-0.1, -0.05) is 30.3 Å². The Bertz CT molecular complexity index is 1070. The molecule has 4 rings (SSSR count). The molecule has 2 aromatic carbocycles. The molecule has 2 N–H and O–H groups in total. The van der Waals surface area contributed by atoms with Crippen molar-refractivity contribution < 1.29 is 14.6 Å². The fraction of sp³-hybridized carbons (Fsp3) is 0.348. The van der Waals surface area contributed by atoms with Crippen LogP contribution in [0, 0.1) is 0 Å². The van der Waals surface area contributed by atoms with Crippen molar-refractivity contribution in [2.24, 2.45) is 0 Å². The van der Waals surface area contributed by atoms with Crippen LogP contribution in [0.2, 0.25) is 0 Å². The van der Waals surface area contributed by atoms with Crippen molar-refractivity contribution in [1.29, 1.82) is 0 Å². The number of likely N-dealkylation sites (N-methyl/N-ethyl adjacent to an activating group) is 1. The highest BCUT2D eigenvalue weighted by atomic mass is 16.5. The van der Waals surface area contributed by atoms with Gasteiger partial charge in [-0.15, -0.1) is 0 Å². The number of ether oxygens (including phenoxy) is 2. The average Bonchev–Trinajstić information content (AvgIpc) is 2.75. The van der Waals surface area contributed by atoms with E-state index in [1.165, 1.54) is 19.2 Å². The van der Waals surface area contributed by atoms with E-state index >= 15 is 0 Å². The third-order valence-electron chi connectivity index (χ3n) is 5.56. The molecule has 1 aliphatic heterocycles. The number of hydrogen-bond acceptors (Lipinski definition) is 6. The zero-order valence-electron chi connectivity index (χ0n) is 17.4. The summed E-state index contributed by atoms with van der Waals surface area (Å²) >= 11 is 0. The molecular weight excluding hydrogens is 382 g/mol. The van der Waals surface area contributed by atoms with Crippen LogP contribution in [0.3, 0.4) is 0 Å². The normalized spacial score (nSPS) is 15.4.